The van der Waals surface area contributed by atoms with Gasteiger partial charge in [0.2, 0.25) is 0 Å². The van der Waals surface area contributed by atoms with Crippen LogP contribution in [0.25, 0.3) is 0 Å². The summed E-state index contributed by atoms with van der Waals surface area (Å²) in [5, 5.41) is 0. The Labute approximate surface area is 106 Å². The summed E-state index contributed by atoms with van der Waals surface area (Å²) in [7, 11) is 0. The molecular formula is C16H12O2. The average molecular weight is 236 g/mol. The van der Waals surface area contributed by atoms with E-state index in [9.17, 15) is 4.79 Å². The summed E-state index contributed by atoms with van der Waals surface area (Å²) in [6.45, 7) is 1.38. The molecule has 0 aliphatic carbocycles. The van der Waals surface area contributed by atoms with Gasteiger partial charge in [0.15, 0.2) is 0 Å². The summed E-state index contributed by atoms with van der Waals surface area (Å²) in [6.07, 6.45) is 0. The predicted molar refractivity (Wildman–Crippen MR) is 70.2 cm³/mol. The molecule has 88 valence electrons. The van der Waals surface area contributed by atoms with Crippen LogP contribution in [0.3, 0.4) is 0 Å². The highest BCUT2D eigenvalue weighted by molar-refractivity contribution is 5.69. The van der Waals surface area contributed by atoms with Gasteiger partial charge in [-0.15, -0.1) is 0 Å². The van der Waals surface area contributed by atoms with Gasteiger partial charge in [-0.1, -0.05) is 30.0 Å². The Morgan fingerprint density at radius 1 is 0.889 bits per heavy atom. The highest BCUT2D eigenvalue weighted by atomic mass is 16.5. The lowest BCUT2D eigenvalue weighted by molar-refractivity contribution is -0.131. The first-order chi connectivity index (χ1) is 8.74. The molecule has 0 amide bonds. The van der Waals surface area contributed by atoms with E-state index in [2.05, 4.69) is 11.8 Å². The molecule has 0 saturated heterocycles. The number of hydrogen-bond donors (Lipinski definition) is 0. The standard InChI is InChI=1S/C16H12O2/c1-13(17)18-16-11-9-15(10-12-16)8-7-14-5-3-2-4-6-14/h2-6,9-12H,1H3. The minimum Gasteiger partial charge on any atom is -0.427 e. The maximum Gasteiger partial charge on any atom is 0.308 e. The highest BCUT2D eigenvalue weighted by Crippen LogP contribution is 2.11. The molecule has 0 aliphatic rings. The fraction of sp³-hybridized carbons (Fsp3) is 0.0625. The summed E-state index contributed by atoms with van der Waals surface area (Å²) in [6, 6.07) is 16.9. The van der Waals surface area contributed by atoms with Crippen LogP contribution < -0.4 is 4.74 Å². The Morgan fingerprint density at radius 3 is 2.00 bits per heavy atom. The summed E-state index contributed by atoms with van der Waals surface area (Å²) >= 11 is 0. The molecule has 2 rings (SSSR count). The first-order valence-corrected chi connectivity index (χ1v) is 5.59. The van der Waals surface area contributed by atoms with E-state index in [0.717, 1.165) is 11.1 Å². The first-order valence-electron chi connectivity index (χ1n) is 5.59. The average Bonchev–Trinajstić information content (AvgIpc) is 2.38. The van der Waals surface area contributed by atoms with Gasteiger partial charge >= 0.3 is 5.97 Å². The zero-order valence-electron chi connectivity index (χ0n) is 10.0. The topological polar surface area (TPSA) is 26.3 Å². The third-order valence-electron chi connectivity index (χ3n) is 2.24. The molecule has 0 heterocycles. The van der Waals surface area contributed by atoms with E-state index in [1.165, 1.54) is 6.92 Å². The summed E-state index contributed by atoms with van der Waals surface area (Å²) < 4.78 is 4.94. The van der Waals surface area contributed by atoms with Gasteiger partial charge in [0.25, 0.3) is 0 Å². The van der Waals surface area contributed by atoms with Crippen LogP contribution >= 0.6 is 0 Å². The molecule has 0 N–H and O–H groups in total. The second-order valence-electron chi connectivity index (χ2n) is 3.73. The van der Waals surface area contributed by atoms with Gasteiger partial charge < -0.3 is 4.74 Å². The number of hydrogen-bond acceptors (Lipinski definition) is 2. The van der Waals surface area contributed by atoms with Crippen molar-refractivity contribution in [3.63, 3.8) is 0 Å². The Morgan fingerprint density at radius 2 is 1.44 bits per heavy atom. The Hall–Kier alpha value is -2.53. The van der Waals surface area contributed by atoms with Gasteiger partial charge in [-0.05, 0) is 36.4 Å². The van der Waals surface area contributed by atoms with Crippen molar-refractivity contribution in [2.24, 2.45) is 0 Å². The summed E-state index contributed by atoms with van der Waals surface area (Å²) in [4.78, 5) is 10.8. The molecular weight excluding hydrogens is 224 g/mol. The van der Waals surface area contributed by atoms with E-state index in [1.807, 2.05) is 42.5 Å². The maximum atomic E-state index is 10.8. The third-order valence-corrected chi connectivity index (χ3v) is 2.24. The lowest BCUT2D eigenvalue weighted by Gasteiger charge is -1.99. The number of ether oxygens (including phenoxy) is 1. The largest absolute Gasteiger partial charge is 0.427 e. The quantitative estimate of drug-likeness (QED) is 0.432. The zero-order valence-corrected chi connectivity index (χ0v) is 10.0. The minimum atomic E-state index is -0.321. The molecule has 0 saturated carbocycles. The van der Waals surface area contributed by atoms with Crippen molar-refractivity contribution in [1.82, 2.24) is 0 Å². The first kappa shape index (κ1) is 11.9. The smallest absolute Gasteiger partial charge is 0.308 e. The van der Waals surface area contributed by atoms with E-state index in [0.29, 0.717) is 5.75 Å². The van der Waals surface area contributed by atoms with Crippen molar-refractivity contribution in [3.8, 4) is 17.6 Å². The predicted octanol–water partition coefficient (Wildman–Crippen LogP) is 3.01. The van der Waals surface area contributed by atoms with Gasteiger partial charge in [0.1, 0.15) is 5.75 Å². The van der Waals surface area contributed by atoms with Crippen molar-refractivity contribution >= 4 is 5.97 Å². The van der Waals surface area contributed by atoms with E-state index in [1.54, 1.807) is 12.1 Å². The van der Waals surface area contributed by atoms with E-state index in [4.69, 9.17) is 4.74 Å². The Balaban J connectivity index is 2.12. The molecule has 0 spiro atoms. The third kappa shape index (κ3) is 3.50. The van der Waals surface area contributed by atoms with E-state index in [-0.39, 0.29) is 5.97 Å². The highest BCUT2D eigenvalue weighted by Gasteiger charge is 1.96. The fourth-order valence-electron chi connectivity index (χ4n) is 1.44. The van der Waals surface area contributed by atoms with Crippen molar-refractivity contribution < 1.29 is 9.53 Å². The van der Waals surface area contributed by atoms with Gasteiger partial charge in [-0.25, -0.2) is 0 Å². The molecule has 18 heavy (non-hydrogen) atoms. The van der Waals surface area contributed by atoms with Crippen LogP contribution in [0.15, 0.2) is 54.6 Å². The maximum absolute atomic E-state index is 10.8. The van der Waals surface area contributed by atoms with Crippen molar-refractivity contribution in [2.75, 3.05) is 0 Å². The van der Waals surface area contributed by atoms with Crippen LogP contribution in [-0.2, 0) is 4.79 Å². The van der Waals surface area contributed by atoms with Crippen LogP contribution in [0, 0.1) is 11.8 Å². The molecule has 0 atom stereocenters. The second-order valence-corrected chi connectivity index (χ2v) is 3.73. The van der Waals surface area contributed by atoms with Gasteiger partial charge in [0.05, 0.1) is 0 Å². The Kier molecular flexibility index (Phi) is 3.78. The van der Waals surface area contributed by atoms with Crippen molar-refractivity contribution in [2.45, 2.75) is 6.92 Å². The van der Waals surface area contributed by atoms with Crippen molar-refractivity contribution in [1.29, 1.82) is 0 Å². The van der Waals surface area contributed by atoms with Crippen LogP contribution in [0.2, 0.25) is 0 Å². The van der Waals surface area contributed by atoms with Crippen LogP contribution in [0.4, 0.5) is 0 Å². The number of carbonyl (C=O) groups excluding carboxylic acids is 1. The van der Waals surface area contributed by atoms with E-state index >= 15 is 0 Å². The Bertz CT molecular complexity index is 586. The van der Waals surface area contributed by atoms with Crippen LogP contribution in [0.5, 0.6) is 5.75 Å². The van der Waals surface area contributed by atoms with Gasteiger partial charge in [-0.2, -0.15) is 0 Å². The monoisotopic (exact) mass is 236 g/mol. The van der Waals surface area contributed by atoms with Crippen molar-refractivity contribution in [3.05, 3.63) is 65.7 Å². The number of carbonyl (C=O) groups is 1. The molecule has 0 aromatic heterocycles. The molecule has 2 nitrogen and oxygen atoms in total. The van der Waals surface area contributed by atoms with E-state index < -0.39 is 0 Å². The zero-order chi connectivity index (χ0) is 12.8. The number of esters is 1. The second kappa shape index (κ2) is 5.70. The summed E-state index contributed by atoms with van der Waals surface area (Å²) in [5.74, 6) is 6.33. The van der Waals surface area contributed by atoms with Gasteiger partial charge in [-0.3, -0.25) is 4.79 Å². The lowest BCUT2D eigenvalue weighted by Crippen LogP contribution is -2.00. The minimum absolute atomic E-state index is 0.321. The molecule has 0 unspecified atom stereocenters. The number of benzene rings is 2. The summed E-state index contributed by atoms with van der Waals surface area (Å²) in [5.41, 5.74) is 1.86. The number of rotatable bonds is 1. The molecule has 0 fully saturated rings. The molecule has 2 heteroatoms. The molecule has 0 radical (unpaired) electrons. The van der Waals surface area contributed by atoms with Crippen LogP contribution in [-0.4, -0.2) is 5.97 Å². The van der Waals surface area contributed by atoms with Crippen LogP contribution in [0.1, 0.15) is 18.1 Å². The molecule has 0 aliphatic heterocycles. The SMILES string of the molecule is CC(=O)Oc1ccc(C#Cc2ccccc2)cc1. The molecule has 2 aromatic rings. The normalized spacial score (nSPS) is 9.17. The fourth-order valence-corrected chi connectivity index (χ4v) is 1.44. The van der Waals surface area contributed by atoms with Gasteiger partial charge in [0, 0.05) is 18.1 Å². The lowest BCUT2D eigenvalue weighted by atomic mass is 10.2. The molecule has 0 bridgehead atoms. The molecule has 2 aromatic carbocycles.